The number of amides is 1. The highest BCUT2D eigenvalue weighted by atomic mass is 31.2. The van der Waals surface area contributed by atoms with Crippen molar-refractivity contribution in [1.29, 1.82) is 0 Å². The minimum Gasteiger partial charge on any atom is -0.456 e. The molecular weight excluding hydrogens is 1050 g/mol. The third-order valence-corrected chi connectivity index (χ3v) is 17.9. The van der Waals surface area contributed by atoms with Gasteiger partial charge in [-0.15, -0.1) is 0 Å². The zero-order valence-electron chi connectivity index (χ0n) is 56.5. The number of carbonyl (C=O) groups is 2. The van der Waals surface area contributed by atoms with Crippen LogP contribution in [0, 0.1) is 0 Å². The number of allylic oxidation sites excluding steroid dienone is 3. The first-order valence-electron chi connectivity index (χ1n) is 36.7. The molecule has 0 fully saturated rings. The molecule has 0 aliphatic carbocycles. The van der Waals surface area contributed by atoms with Gasteiger partial charge in [0.15, 0.2) is 0 Å². The van der Waals surface area contributed by atoms with Crippen molar-refractivity contribution < 1.29 is 37.3 Å². The Bertz CT molecular complexity index is 1470. The average Bonchev–Trinajstić information content (AvgIpc) is 3.51. The SMILES string of the molecule is CCCCCCCC/C=C/CCCCCCCCCCCCCCCC(=O)OC(/C=C/CCCCCCCCCCC)C(COP(=O)(O)OCC[N+](C)(C)C)NC(=O)CCCCCCCCCCCCCCCCCCCCCCCCC. The molecule has 10 heteroatoms. The largest absolute Gasteiger partial charge is 0.472 e. The second-order valence-corrected chi connectivity index (χ2v) is 27.9. The topological polar surface area (TPSA) is 111 Å². The van der Waals surface area contributed by atoms with Crippen LogP contribution in [-0.4, -0.2) is 74.3 Å². The zero-order valence-corrected chi connectivity index (χ0v) is 57.4. The van der Waals surface area contributed by atoms with Crippen molar-refractivity contribution in [3.63, 3.8) is 0 Å². The van der Waals surface area contributed by atoms with Gasteiger partial charge in [0.05, 0.1) is 33.8 Å². The number of nitrogens with zero attached hydrogens (tertiary/aromatic N) is 1. The molecular formula is C73H144N2O7P+. The highest BCUT2D eigenvalue weighted by molar-refractivity contribution is 7.47. The van der Waals surface area contributed by atoms with E-state index in [4.69, 9.17) is 13.8 Å². The molecule has 0 rings (SSSR count). The van der Waals surface area contributed by atoms with Gasteiger partial charge in [0.1, 0.15) is 19.3 Å². The quantitative estimate of drug-likeness (QED) is 0.0205. The molecule has 1 amide bonds. The molecule has 0 saturated carbocycles. The van der Waals surface area contributed by atoms with Gasteiger partial charge < -0.3 is 19.4 Å². The Labute approximate surface area is 517 Å². The van der Waals surface area contributed by atoms with Crippen LogP contribution in [0.1, 0.15) is 380 Å². The lowest BCUT2D eigenvalue weighted by atomic mass is 10.0. The van der Waals surface area contributed by atoms with E-state index < -0.39 is 20.0 Å². The van der Waals surface area contributed by atoms with E-state index >= 15 is 0 Å². The van der Waals surface area contributed by atoms with E-state index in [1.54, 1.807) is 0 Å². The van der Waals surface area contributed by atoms with Crippen LogP contribution in [0.15, 0.2) is 24.3 Å². The van der Waals surface area contributed by atoms with Crippen LogP contribution in [0.4, 0.5) is 0 Å². The number of carbonyl (C=O) groups excluding carboxylic acids is 2. The van der Waals surface area contributed by atoms with Crippen LogP contribution >= 0.6 is 7.82 Å². The maximum atomic E-state index is 13.6. The van der Waals surface area contributed by atoms with Gasteiger partial charge in [0.2, 0.25) is 5.91 Å². The van der Waals surface area contributed by atoms with E-state index in [2.05, 4.69) is 38.2 Å². The number of nitrogens with one attached hydrogen (secondary N) is 1. The summed E-state index contributed by atoms with van der Waals surface area (Å²) >= 11 is 0. The predicted octanol–water partition coefficient (Wildman–Crippen LogP) is 23.2. The fourth-order valence-corrected chi connectivity index (χ4v) is 12.0. The molecule has 0 spiro atoms. The van der Waals surface area contributed by atoms with E-state index in [9.17, 15) is 19.0 Å². The molecule has 0 saturated heterocycles. The maximum Gasteiger partial charge on any atom is 0.472 e. The van der Waals surface area contributed by atoms with Gasteiger partial charge in [-0.2, -0.15) is 0 Å². The van der Waals surface area contributed by atoms with Crippen molar-refractivity contribution in [3.05, 3.63) is 24.3 Å². The average molecular weight is 1190 g/mol. The van der Waals surface area contributed by atoms with Gasteiger partial charge in [-0.1, -0.05) is 334 Å². The van der Waals surface area contributed by atoms with Crippen LogP contribution < -0.4 is 5.32 Å². The van der Waals surface area contributed by atoms with Crippen molar-refractivity contribution in [1.82, 2.24) is 5.32 Å². The van der Waals surface area contributed by atoms with Crippen LogP contribution in [0.3, 0.4) is 0 Å². The Kier molecular flexibility index (Phi) is 62.4. The molecule has 0 aromatic rings. The third-order valence-electron chi connectivity index (χ3n) is 16.9. The molecule has 2 N–H and O–H groups in total. The van der Waals surface area contributed by atoms with Gasteiger partial charge in [0, 0.05) is 12.8 Å². The van der Waals surface area contributed by atoms with Crippen molar-refractivity contribution in [3.8, 4) is 0 Å². The number of phosphoric ester groups is 1. The first kappa shape index (κ1) is 81.5. The van der Waals surface area contributed by atoms with Gasteiger partial charge in [0.25, 0.3) is 0 Å². The van der Waals surface area contributed by atoms with Gasteiger partial charge in [-0.05, 0) is 57.4 Å². The molecule has 3 unspecified atom stereocenters. The van der Waals surface area contributed by atoms with Crippen LogP contribution in [-0.2, 0) is 27.9 Å². The Hall–Kier alpha value is -1.51. The number of hydrogen-bond donors (Lipinski definition) is 2. The number of ether oxygens (including phenoxy) is 1. The first-order chi connectivity index (χ1) is 40.4. The fourth-order valence-electron chi connectivity index (χ4n) is 11.2. The summed E-state index contributed by atoms with van der Waals surface area (Å²) in [6.45, 7) is 7.08. The van der Waals surface area contributed by atoms with Crippen molar-refractivity contribution in [2.75, 3.05) is 40.9 Å². The smallest absolute Gasteiger partial charge is 0.456 e. The predicted molar refractivity (Wildman–Crippen MR) is 360 cm³/mol. The lowest BCUT2D eigenvalue weighted by Crippen LogP contribution is -2.47. The Morgan fingerprint density at radius 1 is 0.410 bits per heavy atom. The highest BCUT2D eigenvalue weighted by Crippen LogP contribution is 2.43. The van der Waals surface area contributed by atoms with Crippen molar-refractivity contribution in [2.45, 2.75) is 392 Å². The summed E-state index contributed by atoms with van der Waals surface area (Å²) in [5, 5.41) is 3.08. The van der Waals surface area contributed by atoms with E-state index in [-0.39, 0.29) is 25.1 Å². The van der Waals surface area contributed by atoms with Crippen molar-refractivity contribution >= 4 is 19.7 Å². The zero-order chi connectivity index (χ0) is 60.7. The summed E-state index contributed by atoms with van der Waals surface area (Å²) < 4.78 is 30.8. The molecule has 0 aromatic carbocycles. The molecule has 0 aliphatic heterocycles. The second kappa shape index (κ2) is 63.5. The second-order valence-electron chi connectivity index (χ2n) is 26.5. The maximum absolute atomic E-state index is 13.6. The fraction of sp³-hybridized carbons (Fsp3) is 0.918. The number of rotatable bonds is 68. The molecule has 0 radical (unpaired) electrons. The van der Waals surface area contributed by atoms with E-state index in [0.717, 1.165) is 57.8 Å². The molecule has 83 heavy (non-hydrogen) atoms. The third kappa shape index (κ3) is 64.8. The number of phosphoric acid groups is 1. The number of unbranched alkanes of at least 4 members (excludes halogenated alkanes) is 50. The molecule has 0 heterocycles. The van der Waals surface area contributed by atoms with E-state index in [0.29, 0.717) is 23.9 Å². The van der Waals surface area contributed by atoms with Gasteiger partial charge in [-0.25, -0.2) is 4.57 Å². The summed E-state index contributed by atoms with van der Waals surface area (Å²) in [6, 6.07) is -0.843. The number of hydrogen-bond acceptors (Lipinski definition) is 6. The normalized spacial score (nSPS) is 13.6. The monoisotopic (exact) mass is 1190 g/mol. The molecule has 0 aliphatic rings. The van der Waals surface area contributed by atoms with Crippen molar-refractivity contribution in [2.24, 2.45) is 0 Å². The standard InChI is InChI=1S/C73H143N2O7P/c1-7-10-13-16-19-22-25-27-29-31-33-35-37-39-41-43-45-47-50-53-56-59-62-65-72(76)74-70(69-81-83(78,79)80-68-67-75(4,5)6)71(64-61-58-55-52-49-24-21-18-15-12-9-3)82-73(77)66-63-60-57-54-51-48-46-44-42-40-38-36-34-32-30-28-26-23-20-17-14-11-8-2/h28,30,61,64,70-71H,7-27,29,31-60,62-63,65-69H2,1-6H3,(H-,74,76,78,79)/p+1/b30-28+,64-61+. The molecule has 9 nitrogen and oxygen atoms in total. The van der Waals surface area contributed by atoms with Crippen LogP contribution in [0.5, 0.6) is 0 Å². The summed E-state index contributed by atoms with van der Waals surface area (Å²) in [5.41, 5.74) is 0. The number of likely N-dealkylation sites (N-methyl/N-ethyl adjacent to an activating group) is 1. The lowest BCUT2D eigenvalue weighted by molar-refractivity contribution is -0.870. The number of esters is 1. The highest BCUT2D eigenvalue weighted by Gasteiger charge is 2.30. The van der Waals surface area contributed by atoms with Crippen LogP contribution in [0.25, 0.3) is 0 Å². The Morgan fingerprint density at radius 2 is 0.699 bits per heavy atom. The minimum atomic E-state index is -4.45. The number of quaternary nitrogens is 1. The van der Waals surface area contributed by atoms with Gasteiger partial charge >= 0.3 is 13.8 Å². The van der Waals surface area contributed by atoms with Crippen LogP contribution in [0.2, 0.25) is 0 Å². The molecule has 492 valence electrons. The summed E-state index contributed by atoms with van der Waals surface area (Å²) in [5.74, 6) is -0.481. The summed E-state index contributed by atoms with van der Waals surface area (Å²) in [7, 11) is 1.52. The summed E-state index contributed by atoms with van der Waals surface area (Å²) in [4.78, 5) is 37.9. The minimum absolute atomic E-state index is 0.0446. The Balaban J connectivity index is 4.96. The van der Waals surface area contributed by atoms with E-state index in [1.165, 1.54) is 289 Å². The van der Waals surface area contributed by atoms with E-state index in [1.807, 2.05) is 33.3 Å². The molecule has 0 aromatic heterocycles. The molecule has 3 atom stereocenters. The van der Waals surface area contributed by atoms with Gasteiger partial charge in [-0.3, -0.25) is 18.6 Å². The molecule has 0 bridgehead atoms. The Morgan fingerprint density at radius 3 is 1.02 bits per heavy atom. The first-order valence-corrected chi connectivity index (χ1v) is 38.2. The lowest BCUT2D eigenvalue weighted by Gasteiger charge is -2.27. The summed E-state index contributed by atoms with van der Waals surface area (Å²) in [6.07, 6.45) is 77.7.